The Bertz CT molecular complexity index is 1810. The van der Waals surface area contributed by atoms with Gasteiger partial charge in [-0.25, -0.2) is 18.9 Å². The van der Waals surface area contributed by atoms with Crippen LogP contribution in [0.2, 0.25) is 0 Å². The molecule has 3 heterocycles. The molecule has 2 N–H and O–H groups in total. The minimum atomic E-state index is -0.351. The number of fused-ring (bicyclic) bond motifs is 1. The molecule has 0 saturated heterocycles. The predicted octanol–water partition coefficient (Wildman–Crippen LogP) is 6.90. The number of aryl methyl sites for hydroxylation is 1. The standard InChI is InChI=1S/C31H23FN6O/c1-20-11-13-21(14-12-20)30(39)34-24-8-4-6-22(18-24)29-28(27-10-2-3-17-38(27)37-29)26-15-16-33-31(36-26)35-25-9-5-7-23(32)19-25/h2-19H,1H3,(H,34,39)(H,33,35,36). The van der Waals surface area contributed by atoms with E-state index in [4.69, 9.17) is 10.1 Å². The van der Waals surface area contributed by atoms with E-state index in [0.29, 0.717) is 34.3 Å². The highest BCUT2D eigenvalue weighted by Gasteiger charge is 2.19. The number of aromatic nitrogens is 4. The summed E-state index contributed by atoms with van der Waals surface area (Å²) in [5, 5.41) is 10.9. The van der Waals surface area contributed by atoms with Crippen molar-refractivity contribution in [3.05, 3.63) is 126 Å². The van der Waals surface area contributed by atoms with Crippen LogP contribution in [0.4, 0.5) is 21.7 Å². The lowest BCUT2D eigenvalue weighted by molar-refractivity contribution is 0.102. The van der Waals surface area contributed by atoms with Crippen LogP contribution >= 0.6 is 0 Å². The lowest BCUT2D eigenvalue weighted by Gasteiger charge is -2.09. The Morgan fingerprint density at radius 2 is 1.69 bits per heavy atom. The van der Waals surface area contributed by atoms with Gasteiger partial charge in [-0.2, -0.15) is 5.10 Å². The molecular formula is C31H23FN6O. The SMILES string of the molecule is Cc1ccc(C(=O)Nc2cccc(-c3nn4ccccc4c3-c3ccnc(Nc4cccc(F)c4)n3)c2)cc1. The summed E-state index contributed by atoms with van der Waals surface area (Å²) in [4.78, 5) is 21.9. The van der Waals surface area contributed by atoms with Gasteiger partial charge in [-0.05, 0) is 67.6 Å². The van der Waals surface area contributed by atoms with Crippen LogP contribution in [0, 0.1) is 12.7 Å². The van der Waals surface area contributed by atoms with Gasteiger partial charge in [0.2, 0.25) is 5.95 Å². The molecule has 1 amide bonds. The molecule has 6 aromatic rings. The van der Waals surface area contributed by atoms with Crippen LogP contribution in [0.1, 0.15) is 15.9 Å². The Hall–Kier alpha value is -5.37. The number of carbonyl (C=O) groups is 1. The topological polar surface area (TPSA) is 84.2 Å². The molecule has 8 heteroatoms. The minimum absolute atomic E-state index is 0.189. The van der Waals surface area contributed by atoms with Crippen molar-refractivity contribution in [2.24, 2.45) is 0 Å². The molecule has 0 aliphatic heterocycles. The van der Waals surface area contributed by atoms with Crippen molar-refractivity contribution in [1.82, 2.24) is 19.6 Å². The largest absolute Gasteiger partial charge is 0.324 e. The van der Waals surface area contributed by atoms with Gasteiger partial charge in [-0.15, -0.1) is 0 Å². The number of nitrogens with one attached hydrogen (secondary N) is 2. The van der Waals surface area contributed by atoms with Gasteiger partial charge in [0.15, 0.2) is 0 Å². The zero-order valence-electron chi connectivity index (χ0n) is 21.0. The molecule has 39 heavy (non-hydrogen) atoms. The summed E-state index contributed by atoms with van der Waals surface area (Å²) < 4.78 is 15.5. The monoisotopic (exact) mass is 514 g/mol. The molecule has 0 radical (unpaired) electrons. The third-order valence-electron chi connectivity index (χ3n) is 6.24. The first-order chi connectivity index (χ1) is 19.0. The zero-order valence-corrected chi connectivity index (χ0v) is 21.0. The van der Waals surface area contributed by atoms with Crippen LogP contribution in [-0.2, 0) is 0 Å². The van der Waals surface area contributed by atoms with Gasteiger partial charge in [-0.1, -0.05) is 42.0 Å². The highest BCUT2D eigenvalue weighted by molar-refractivity contribution is 6.04. The molecule has 0 bridgehead atoms. The maximum atomic E-state index is 13.7. The van der Waals surface area contributed by atoms with Crippen molar-refractivity contribution in [1.29, 1.82) is 0 Å². The lowest BCUT2D eigenvalue weighted by Crippen LogP contribution is -2.11. The summed E-state index contributed by atoms with van der Waals surface area (Å²) in [5.41, 5.74) is 6.69. The summed E-state index contributed by atoms with van der Waals surface area (Å²) in [7, 11) is 0. The molecule has 3 aromatic carbocycles. The summed E-state index contributed by atoms with van der Waals surface area (Å²) in [6.45, 7) is 1.98. The van der Waals surface area contributed by atoms with Gasteiger partial charge in [0.05, 0.1) is 16.8 Å². The summed E-state index contributed by atoms with van der Waals surface area (Å²) >= 11 is 0. The van der Waals surface area contributed by atoms with Crippen LogP contribution in [0.15, 0.2) is 109 Å². The van der Waals surface area contributed by atoms with Crippen molar-refractivity contribution in [2.75, 3.05) is 10.6 Å². The Labute approximate surface area is 224 Å². The quantitative estimate of drug-likeness (QED) is 0.253. The first-order valence-electron chi connectivity index (χ1n) is 12.4. The minimum Gasteiger partial charge on any atom is -0.324 e. The van der Waals surface area contributed by atoms with Crippen LogP contribution in [-0.4, -0.2) is 25.5 Å². The maximum absolute atomic E-state index is 13.7. The molecule has 6 rings (SSSR count). The molecule has 7 nitrogen and oxygen atoms in total. The van der Waals surface area contributed by atoms with Crippen molar-refractivity contribution in [2.45, 2.75) is 6.92 Å². The number of amides is 1. The fourth-order valence-corrected chi connectivity index (χ4v) is 4.36. The molecular weight excluding hydrogens is 491 g/mol. The molecule has 0 aliphatic carbocycles. The van der Waals surface area contributed by atoms with Crippen molar-refractivity contribution >= 4 is 28.7 Å². The van der Waals surface area contributed by atoms with Crippen LogP contribution < -0.4 is 10.6 Å². The zero-order chi connectivity index (χ0) is 26.8. The Balaban J connectivity index is 1.38. The molecule has 0 unspecified atom stereocenters. The number of halogens is 1. The Morgan fingerprint density at radius 3 is 2.54 bits per heavy atom. The van der Waals surface area contributed by atoms with Crippen LogP contribution in [0.5, 0.6) is 0 Å². The number of carbonyl (C=O) groups excluding carboxylic acids is 1. The van der Waals surface area contributed by atoms with E-state index in [-0.39, 0.29) is 11.7 Å². The van der Waals surface area contributed by atoms with Crippen molar-refractivity contribution in [3.8, 4) is 22.5 Å². The third-order valence-corrected chi connectivity index (χ3v) is 6.24. The second kappa shape index (κ2) is 10.2. The van der Waals surface area contributed by atoms with E-state index in [2.05, 4.69) is 15.6 Å². The average Bonchev–Trinajstić information content (AvgIpc) is 3.34. The van der Waals surface area contributed by atoms with E-state index < -0.39 is 0 Å². The number of pyridine rings is 1. The van der Waals surface area contributed by atoms with E-state index in [1.165, 1.54) is 12.1 Å². The predicted molar refractivity (Wildman–Crippen MR) is 150 cm³/mol. The van der Waals surface area contributed by atoms with E-state index in [0.717, 1.165) is 22.2 Å². The molecule has 0 aliphatic rings. The molecule has 0 atom stereocenters. The summed E-state index contributed by atoms with van der Waals surface area (Å²) in [6, 6.07) is 28.7. The first kappa shape index (κ1) is 24.0. The van der Waals surface area contributed by atoms with Gasteiger partial charge in [0, 0.05) is 34.9 Å². The van der Waals surface area contributed by atoms with Crippen molar-refractivity contribution < 1.29 is 9.18 Å². The number of anilines is 3. The highest BCUT2D eigenvalue weighted by atomic mass is 19.1. The average molecular weight is 515 g/mol. The Kier molecular flexibility index (Phi) is 6.26. The summed E-state index contributed by atoms with van der Waals surface area (Å²) in [5.74, 6) is -0.208. The third kappa shape index (κ3) is 5.08. The molecule has 0 saturated carbocycles. The first-order valence-corrected chi connectivity index (χ1v) is 12.4. The lowest BCUT2D eigenvalue weighted by atomic mass is 10.0. The van der Waals surface area contributed by atoms with Gasteiger partial charge >= 0.3 is 0 Å². The fraction of sp³-hybridized carbons (Fsp3) is 0.0323. The molecule has 190 valence electrons. The van der Waals surface area contributed by atoms with E-state index in [1.54, 1.807) is 35.0 Å². The van der Waals surface area contributed by atoms with E-state index in [1.807, 2.05) is 73.8 Å². The fourth-order valence-electron chi connectivity index (χ4n) is 4.36. The summed E-state index contributed by atoms with van der Waals surface area (Å²) in [6.07, 6.45) is 3.52. The smallest absolute Gasteiger partial charge is 0.255 e. The second-order valence-corrected chi connectivity index (χ2v) is 9.06. The molecule has 0 fully saturated rings. The number of benzene rings is 3. The molecule has 3 aromatic heterocycles. The van der Waals surface area contributed by atoms with Gasteiger partial charge in [0.1, 0.15) is 11.5 Å². The Morgan fingerprint density at radius 1 is 0.872 bits per heavy atom. The molecule has 0 spiro atoms. The van der Waals surface area contributed by atoms with Gasteiger partial charge in [0.25, 0.3) is 5.91 Å². The van der Waals surface area contributed by atoms with Crippen LogP contribution in [0.25, 0.3) is 28.0 Å². The van der Waals surface area contributed by atoms with Gasteiger partial charge in [-0.3, -0.25) is 4.79 Å². The van der Waals surface area contributed by atoms with Crippen molar-refractivity contribution in [3.63, 3.8) is 0 Å². The van der Waals surface area contributed by atoms with E-state index >= 15 is 0 Å². The number of nitrogens with zero attached hydrogens (tertiary/aromatic N) is 4. The van der Waals surface area contributed by atoms with Gasteiger partial charge < -0.3 is 10.6 Å². The second-order valence-electron chi connectivity index (χ2n) is 9.06. The normalized spacial score (nSPS) is 10.9. The van der Waals surface area contributed by atoms with Crippen LogP contribution in [0.3, 0.4) is 0 Å². The highest BCUT2D eigenvalue weighted by Crippen LogP contribution is 2.35. The number of rotatable bonds is 6. The van der Waals surface area contributed by atoms with E-state index in [9.17, 15) is 9.18 Å². The number of hydrogen-bond acceptors (Lipinski definition) is 5. The number of hydrogen-bond donors (Lipinski definition) is 2. The maximum Gasteiger partial charge on any atom is 0.255 e.